The minimum Gasteiger partial charge on any atom is -0.507 e. The van der Waals surface area contributed by atoms with Gasteiger partial charge in [-0.1, -0.05) is 31.0 Å². The van der Waals surface area contributed by atoms with Crippen LogP contribution >= 0.6 is 0 Å². The molecule has 1 aliphatic rings. The first-order valence-corrected chi connectivity index (χ1v) is 9.37. The fourth-order valence-electron chi connectivity index (χ4n) is 3.44. The van der Waals surface area contributed by atoms with Gasteiger partial charge in [-0.05, 0) is 48.2 Å². The Hall–Kier alpha value is -2.82. The van der Waals surface area contributed by atoms with Crippen LogP contribution in [-0.4, -0.2) is 42.1 Å². The third kappa shape index (κ3) is 4.67. The number of methoxy groups -OCH3 is 1. The first-order chi connectivity index (χ1) is 13.1. The number of carbonyl (C=O) groups is 2. The maximum Gasteiger partial charge on any atom is 0.309 e. The molecule has 0 spiro atoms. The van der Waals surface area contributed by atoms with E-state index in [1.54, 1.807) is 18.2 Å². The summed E-state index contributed by atoms with van der Waals surface area (Å²) in [5.41, 5.74) is 2.72. The summed E-state index contributed by atoms with van der Waals surface area (Å²) in [6.45, 7) is 1.59. The zero-order chi connectivity index (χ0) is 19.2. The lowest BCUT2D eigenvalue weighted by molar-refractivity contribution is -0.139. The first kappa shape index (κ1) is 19.0. The second-order valence-electron chi connectivity index (χ2n) is 6.89. The Kier molecular flexibility index (Phi) is 6.12. The summed E-state index contributed by atoms with van der Waals surface area (Å²) in [7, 11) is 1.35. The molecule has 142 valence electrons. The second kappa shape index (κ2) is 8.71. The number of benzene rings is 2. The van der Waals surface area contributed by atoms with E-state index in [2.05, 4.69) is 0 Å². The van der Waals surface area contributed by atoms with Crippen LogP contribution in [0, 0.1) is 0 Å². The van der Waals surface area contributed by atoms with E-state index in [1.807, 2.05) is 29.2 Å². The van der Waals surface area contributed by atoms with Crippen LogP contribution in [0.25, 0.3) is 11.1 Å². The number of hydrogen-bond donors (Lipinski definition) is 1. The Morgan fingerprint density at radius 2 is 1.78 bits per heavy atom. The van der Waals surface area contributed by atoms with Gasteiger partial charge in [0, 0.05) is 24.2 Å². The van der Waals surface area contributed by atoms with E-state index >= 15 is 0 Å². The Balaban J connectivity index is 1.87. The molecule has 3 rings (SSSR count). The molecule has 1 fully saturated rings. The number of aromatic hydroxyl groups is 1. The number of hydrogen-bond acceptors (Lipinski definition) is 4. The number of amides is 1. The standard InChI is InChI=1S/C22H25NO4/c1-27-21(25)14-16-9-10-20(24)19(13-16)17-7-6-8-18(15-17)22(26)23-11-4-2-3-5-12-23/h6-10,13,15,24H,2-5,11-12,14H2,1H3. The lowest BCUT2D eigenvalue weighted by Gasteiger charge is -2.20. The van der Waals surface area contributed by atoms with Crippen LogP contribution in [-0.2, 0) is 16.0 Å². The van der Waals surface area contributed by atoms with Crippen molar-refractivity contribution in [3.05, 3.63) is 53.6 Å². The number of esters is 1. The van der Waals surface area contributed by atoms with Gasteiger partial charge in [0.25, 0.3) is 5.91 Å². The lowest BCUT2D eigenvalue weighted by atomic mass is 9.98. The van der Waals surface area contributed by atoms with Crippen LogP contribution in [0.1, 0.15) is 41.6 Å². The Morgan fingerprint density at radius 1 is 1.04 bits per heavy atom. The fourth-order valence-corrected chi connectivity index (χ4v) is 3.44. The van der Waals surface area contributed by atoms with Crippen molar-refractivity contribution in [3.8, 4) is 16.9 Å². The molecule has 0 aromatic heterocycles. The van der Waals surface area contributed by atoms with Crippen molar-refractivity contribution < 1.29 is 19.4 Å². The predicted molar refractivity (Wildman–Crippen MR) is 104 cm³/mol. The average Bonchev–Trinajstić information content (AvgIpc) is 2.98. The number of carbonyl (C=O) groups excluding carboxylic acids is 2. The molecular formula is C22H25NO4. The second-order valence-corrected chi connectivity index (χ2v) is 6.89. The van der Waals surface area contributed by atoms with Gasteiger partial charge in [-0.25, -0.2) is 0 Å². The Morgan fingerprint density at radius 3 is 2.48 bits per heavy atom. The maximum absolute atomic E-state index is 12.9. The van der Waals surface area contributed by atoms with E-state index in [1.165, 1.54) is 20.0 Å². The van der Waals surface area contributed by atoms with Gasteiger partial charge in [0.15, 0.2) is 0 Å². The zero-order valence-electron chi connectivity index (χ0n) is 15.6. The van der Waals surface area contributed by atoms with Gasteiger partial charge in [-0.3, -0.25) is 9.59 Å². The van der Waals surface area contributed by atoms with E-state index in [4.69, 9.17) is 4.74 Å². The zero-order valence-corrected chi connectivity index (χ0v) is 15.6. The highest BCUT2D eigenvalue weighted by Crippen LogP contribution is 2.31. The van der Waals surface area contributed by atoms with Gasteiger partial charge in [0.1, 0.15) is 5.75 Å². The van der Waals surface area contributed by atoms with Crippen LogP contribution < -0.4 is 0 Å². The topological polar surface area (TPSA) is 66.8 Å². The van der Waals surface area contributed by atoms with Gasteiger partial charge in [-0.15, -0.1) is 0 Å². The normalized spacial score (nSPS) is 14.5. The summed E-state index contributed by atoms with van der Waals surface area (Å²) in [6, 6.07) is 12.3. The molecule has 0 bridgehead atoms. The number of phenols is 1. The molecule has 2 aromatic carbocycles. The van der Waals surface area contributed by atoms with Crippen LogP contribution in [0.5, 0.6) is 5.75 Å². The third-order valence-electron chi connectivity index (χ3n) is 4.95. The van der Waals surface area contributed by atoms with Gasteiger partial charge in [-0.2, -0.15) is 0 Å². The molecule has 2 aromatic rings. The quantitative estimate of drug-likeness (QED) is 0.835. The van der Waals surface area contributed by atoms with E-state index in [0.717, 1.165) is 37.1 Å². The van der Waals surface area contributed by atoms with E-state index in [9.17, 15) is 14.7 Å². The van der Waals surface area contributed by atoms with Crippen molar-refractivity contribution >= 4 is 11.9 Å². The van der Waals surface area contributed by atoms with Gasteiger partial charge >= 0.3 is 5.97 Å². The summed E-state index contributed by atoms with van der Waals surface area (Å²) < 4.78 is 4.71. The van der Waals surface area contributed by atoms with Crippen molar-refractivity contribution in [1.82, 2.24) is 4.90 Å². The Labute approximate surface area is 159 Å². The van der Waals surface area contributed by atoms with Crippen molar-refractivity contribution in [3.63, 3.8) is 0 Å². The molecular weight excluding hydrogens is 342 g/mol. The summed E-state index contributed by atoms with van der Waals surface area (Å²) in [5, 5.41) is 10.3. The monoisotopic (exact) mass is 367 g/mol. The highest BCUT2D eigenvalue weighted by Gasteiger charge is 2.18. The van der Waals surface area contributed by atoms with Crippen molar-refractivity contribution in [2.45, 2.75) is 32.1 Å². The fraction of sp³-hybridized carbons (Fsp3) is 0.364. The van der Waals surface area contributed by atoms with Crippen molar-refractivity contribution in [2.24, 2.45) is 0 Å². The molecule has 27 heavy (non-hydrogen) atoms. The molecule has 0 atom stereocenters. The SMILES string of the molecule is COC(=O)Cc1ccc(O)c(-c2cccc(C(=O)N3CCCCCC3)c2)c1. The highest BCUT2D eigenvalue weighted by atomic mass is 16.5. The maximum atomic E-state index is 12.9. The molecule has 0 unspecified atom stereocenters. The van der Waals surface area contributed by atoms with Gasteiger partial charge in [0.05, 0.1) is 13.5 Å². The number of rotatable bonds is 4. The lowest BCUT2D eigenvalue weighted by Crippen LogP contribution is -2.31. The summed E-state index contributed by atoms with van der Waals surface area (Å²) >= 11 is 0. The molecule has 1 amide bonds. The van der Waals surface area contributed by atoms with Crippen LogP contribution in [0.4, 0.5) is 0 Å². The minimum absolute atomic E-state index is 0.0314. The molecule has 1 saturated heterocycles. The van der Waals surface area contributed by atoms with E-state index < -0.39 is 0 Å². The Bertz CT molecular complexity index is 823. The molecule has 1 N–H and O–H groups in total. The molecule has 0 radical (unpaired) electrons. The van der Waals surface area contributed by atoms with Crippen LogP contribution in [0.3, 0.4) is 0 Å². The number of likely N-dealkylation sites (tertiary alicyclic amines) is 1. The highest BCUT2D eigenvalue weighted by molar-refractivity contribution is 5.95. The van der Waals surface area contributed by atoms with Crippen molar-refractivity contribution in [1.29, 1.82) is 0 Å². The number of phenolic OH excluding ortho intramolecular Hbond substituents is 1. The minimum atomic E-state index is -0.336. The predicted octanol–water partition coefficient (Wildman–Crippen LogP) is 3.79. The van der Waals surface area contributed by atoms with E-state index in [0.29, 0.717) is 11.1 Å². The summed E-state index contributed by atoms with van der Waals surface area (Å²) in [5.74, 6) is -0.191. The molecule has 0 aliphatic carbocycles. The molecule has 0 saturated carbocycles. The molecule has 1 heterocycles. The summed E-state index contributed by atoms with van der Waals surface area (Å²) in [6.07, 6.45) is 4.56. The van der Waals surface area contributed by atoms with Crippen molar-refractivity contribution in [2.75, 3.05) is 20.2 Å². The first-order valence-electron chi connectivity index (χ1n) is 9.37. The van der Waals surface area contributed by atoms with E-state index in [-0.39, 0.29) is 24.0 Å². The van der Waals surface area contributed by atoms with Crippen LogP contribution in [0.15, 0.2) is 42.5 Å². The number of ether oxygens (including phenoxy) is 1. The largest absolute Gasteiger partial charge is 0.507 e. The number of nitrogens with zero attached hydrogens (tertiary/aromatic N) is 1. The van der Waals surface area contributed by atoms with Gasteiger partial charge in [0.2, 0.25) is 0 Å². The third-order valence-corrected chi connectivity index (χ3v) is 4.95. The molecule has 5 heteroatoms. The van der Waals surface area contributed by atoms with Gasteiger partial charge < -0.3 is 14.7 Å². The molecule has 1 aliphatic heterocycles. The summed E-state index contributed by atoms with van der Waals surface area (Å²) in [4.78, 5) is 26.3. The van der Waals surface area contributed by atoms with Crippen LogP contribution in [0.2, 0.25) is 0 Å². The molecule has 5 nitrogen and oxygen atoms in total. The average molecular weight is 367 g/mol. The smallest absolute Gasteiger partial charge is 0.309 e.